The first-order chi connectivity index (χ1) is 12.3. The molecular weight excluding hydrogens is 322 g/mol. The standard InChI is InChI=1S/C16H21N7O2/c1-24-8-3-15-19-14(21-25-15)11-22-7-5-18-16(22)13-9-12-10-17-4-2-6-23(12)20-13/h5,7,9,17H,2-4,6,8,10-11H2,1H3. The summed E-state index contributed by atoms with van der Waals surface area (Å²) in [5.74, 6) is 2.01. The minimum Gasteiger partial charge on any atom is -0.384 e. The second kappa shape index (κ2) is 7.16. The fraction of sp³-hybridized carbons (Fsp3) is 0.500. The van der Waals surface area contributed by atoms with E-state index in [0.717, 1.165) is 37.6 Å². The van der Waals surface area contributed by atoms with Gasteiger partial charge in [0.15, 0.2) is 11.6 Å². The number of aryl methyl sites for hydroxylation is 1. The van der Waals surface area contributed by atoms with Crippen molar-refractivity contribution in [1.82, 2.24) is 34.8 Å². The van der Waals surface area contributed by atoms with Crippen LogP contribution in [0.25, 0.3) is 11.5 Å². The van der Waals surface area contributed by atoms with Crippen LogP contribution in [0.4, 0.5) is 0 Å². The third-order valence-electron chi connectivity index (χ3n) is 4.18. The average molecular weight is 343 g/mol. The van der Waals surface area contributed by atoms with Crippen molar-refractivity contribution in [3.8, 4) is 11.5 Å². The maximum absolute atomic E-state index is 5.24. The number of nitrogens with zero attached hydrogens (tertiary/aromatic N) is 6. The average Bonchev–Trinajstić information content (AvgIpc) is 3.32. The van der Waals surface area contributed by atoms with Crippen LogP contribution in [0, 0.1) is 0 Å². The molecule has 3 aromatic rings. The summed E-state index contributed by atoms with van der Waals surface area (Å²) in [4.78, 5) is 8.86. The predicted molar refractivity (Wildman–Crippen MR) is 88.8 cm³/mol. The molecule has 0 spiro atoms. The highest BCUT2D eigenvalue weighted by atomic mass is 16.5. The Morgan fingerprint density at radius 1 is 1.40 bits per heavy atom. The second-order valence-corrected chi connectivity index (χ2v) is 6.00. The van der Waals surface area contributed by atoms with Gasteiger partial charge in [-0.2, -0.15) is 10.1 Å². The van der Waals surface area contributed by atoms with Crippen molar-refractivity contribution in [3.05, 3.63) is 35.9 Å². The molecule has 0 unspecified atom stereocenters. The molecule has 0 bridgehead atoms. The van der Waals surface area contributed by atoms with Crippen molar-refractivity contribution in [3.63, 3.8) is 0 Å². The molecule has 0 saturated carbocycles. The number of aromatic nitrogens is 6. The summed E-state index contributed by atoms with van der Waals surface area (Å²) in [5.41, 5.74) is 2.05. The van der Waals surface area contributed by atoms with Crippen LogP contribution in [0.5, 0.6) is 0 Å². The van der Waals surface area contributed by atoms with Gasteiger partial charge in [-0.1, -0.05) is 5.16 Å². The number of rotatable bonds is 6. The van der Waals surface area contributed by atoms with Crippen LogP contribution in [-0.4, -0.2) is 49.7 Å². The van der Waals surface area contributed by atoms with E-state index in [9.17, 15) is 0 Å². The second-order valence-electron chi connectivity index (χ2n) is 6.00. The Morgan fingerprint density at radius 3 is 3.28 bits per heavy atom. The summed E-state index contributed by atoms with van der Waals surface area (Å²) in [6.07, 6.45) is 5.37. The first-order valence-corrected chi connectivity index (χ1v) is 8.43. The zero-order valence-electron chi connectivity index (χ0n) is 14.2. The minimum atomic E-state index is 0.492. The van der Waals surface area contributed by atoms with E-state index >= 15 is 0 Å². The monoisotopic (exact) mass is 343 g/mol. The number of hydrogen-bond acceptors (Lipinski definition) is 7. The molecule has 9 nitrogen and oxygen atoms in total. The molecule has 0 aromatic carbocycles. The SMILES string of the molecule is COCCc1nc(Cn2ccnc2-c2cc3n(n2)CCCNC3)no1. The lowest BCUT2D eigenvalue weighted by molar-refractivity contribution is 0.192. The third-order valence-corrected chi connectivity index (χ3v) is 4.18. The van der Waals surface area contributed by atoms with Crippen LogP contribution in [0.3, 0.4) is 0 Å². The van der Waals surface area contributed by atoms with E-state index in [1.165, 1.54) is 5.69 Å². The summed E-state index contributed by atoms with van der Waals surface area (Å²) in [5, 5.41) is 12.1. The van der Waals surface area contributed by atoms with E-state index < -0.39 is 0 Å². The Balaban J connectivity index is 1.53. The van der Waals surface area contributed by atoms with Crippen LogP contribution >= 0.6 is 0 Å². The summed E-state index contributed by atoms with van der Waals surface area (Å²) >= 11 is 0. The molecule has 4 rings (SSSR count). The quantitative estimate of drug-likeness (QED) is 0.709. The first-order valence-electron chi connectivity index (χ1n) is 8.43. The van der Waals surface area contributed by atoms with Gasteiger partial charge < -0.3 is 19.1 Å². The predicted octanol–water partition coefficient (Wildman–Crippen LogP) is 0.860. The van der Waals surface area contributed by atoms with Gasteiger partial charge in [0.25, 0.3) is 0 Å². The minimum absolute atomic E-state index is 0.492. The Hall–Kier alpha value is -2.52. The number of nitrogens with one attached hydrogen (secondary N) is 1. The van der Waals surface area contributed by atoms with E-state index in [2.05, 4.69) is 31.2 Å². The van der Waals surface area contributed by atoms with Gasteiger partial charge in [-0.05, 0) is 19.0 Å². The van der Waals surface area contributed by atoms with E-state index in [-0.39, 0.29) is 0 Å². The van der Waals surface area contributed by atoms with Crippen LogP contribution < -0.4 is 5.32 Å². The maximum Gasteiger partial charge on any atom is 0.229 e. The van der Waals surface area contributed by atoms with Crippen LogP contribution in [0.1, 0.15) is 23.8 Å². The maximum atomic E-state index is 5.24. The van der Waals surface area contributed by atoms with Crippen LogP contribution in [0.2, 0.25) is 0 Å². The van der Waals surface area contributed by atoms with Gasteiger partial charge in [-0.15, -0.1) is 0 Å². The lowest BCUT2D eigenvalue weighted by Gasteiger charge is -2.03. The summed E-state index contributed by atoms with van der Waals surface area (Å²) < 4.78 is 14.3. The van der Waals surface area contributed by atoms with E-state index in [1.807, 2.05) is 10.8 Å². The normalized spacial score (nSPS) is 14.4. The van der Waals surface area contributed by atoms with Crippen molar-refractivity contribution in [2.24, 2.45) is 0 Å². The highest BCUT2D eigenvalue weighted by Gasteiger charge is 2.16. The Morgan fingerprint density at radius 2 is 2.36 bits per heavy atom. The third kappa shape index (κ3) is 3.47. The highest BCUT2D eigenvalue weighted by molar-refractivity contribution is 5.50. The van der Waals surface area contributed by atoms with Crippen molar-refractivity contribution in [1.29, 1.82) is 0 Å². The van der Waals surface area contributed by atoms with Gasteiger partial charge >= 0.3 is 0 Å². The van der Waals surface area contributed by atoms with Gasteiger partial charge in [0, 0.05) is 32.6 Å². The van der Waals surface area contributed by atoms with Gasteiger partial charge in [0.05, 0.1) is 25.3 Å². The van der Waals surface area contributed by atoms with Gasteiger partial charge in [-0.3, -0.25) is 4.68 Å². The number of hydrogen-bond donors (Lipinski definition) is 1. The first kappa shape index (κ1) is 16.0. The largest absolute Gasteiger partial charge is 0.384 e. The van der Waals surface area contributed by atoms with E-state index in [1.54, 1.807) is 13.3 Å². The molecule has 25 heavy (non-hydrogen) atoms. The molecule has 9 heteroatoms. The molecule has 0 atom stereocenters. The smallest absolute Gasteiger partial charge is 0.229 e. The van der Waals surface area contributed by atoms with Crippen molar-refractivity contribution < 1.29 is 9.26 Å². The Labute approximate surface area is 145 Å². The summed E-state index contributed by atoms with van der Waals surface area (Å²) in [6.45, 7) is 3.84. The number of ether oxygens (including phenoxy) is 1. The molecule has 4 heterocycles. The topological polar surface area (TPSA) is 95.8 Å². The molecule has 0 radical (unpaired) electrons. The van der Waals surface area contributed by atoms with Crippen molar-refractivity contribution in [2.75, 3.05) is 20.3 Å². The number of methoxy groups -OCH3 is 1. The lowest BCUT2D eigenvalue weighted by Crippen LogP contribution is -2.11. The zero-order chi connectivity index (χ0) is 17.1. The lowest BCUT2D eigenvalue weighted by atomic mass is 10.3. The number of fused-ring (bicyclic) bond motifs is 1. The van der Waals surface area contributed by atoms with Crippen LogP contribution in [-0.2, 0) is 30.8 Å². The molecule has 3 aromatic heterocycles. The van der Waals surface area contributed by atoms with Gasteiger partial charge in [0.1, 0.15) is 5.69 Å². The van der Waals surface area contributed by atoms with Gasteiger partial charge in [0.2, 0.25) is 5.89 Å². The fourth-order valence-electron chi connectivity index (χ4n) is 2.94. The summed E-state index contributed by atoms with van der Waals surface area (Å²) in [7, 11) is 1.65. The fourth-order valence-corrected chi connectivity index (χ4v) is 2.94. The zero-order valence-corrected chi connectivity index (χ0v) is 14.2. The molecular formula is C16H21N7O2. The van der Waals surface area contributed by atoms with E-state index in [0.29, 0.717) is 31.3 Å². The number of imidazole rings is 1. The highest BCUT2D eigenvalue weighted by Crippen LogP contribution is 2.19. The van der Waals surface area contributed by atoms with Crippen molar-refractivity contribution >= 4 is 0 Å². The molecule has 0 saturated heterocycles. The van der Waals surface area contributed by atoms with Gasteiger partial charge in [-0.25, -0.2) is 4.98 Å². The van der Waals surface area contributed by atoms with Crippen LogP contribution in [0.15, 0.2) is 23.0 Å². The molecule has 0 fully saturated rings. The molecule has 132 valence electrons. The molecule has 1 N–H and O–H groups in total. The van der Waals surface area contributed by atoms with Crippen molar-refractivity contribution in [2.45, 2.75) is 32.5 Å². The molecule has 0 amide bonds. The Bertz CT molecular complexity index is 812. The molecule has 1 aliphatic rings. The van der Waals surface area contributed by atoms with E-state index in [4.69, 9.17) is 14.4 Å². The molecule has 1 aliphatic heterocycles. The molecule has 0 aliphatic carbocycles. The summed E-state index contributed by atoms with van der Waals surface area (Å²) in [6, 6.07) is 2.09. The Kier molecular flexibility index (Phi) is 4.57.